The summed E-state index contributed by atoms with van der Waals surface area (Å²) < 4.78 is 2.40. The van der Waals surface area contributed by atoms with Crippen LogP contribution in [0.4, 0.5) is 17.1 Å². The molecule has 0 radical (unpaired) electrons. The highest BCUT2D eigenvalue weighted by atomic mass is 31.1. The summed E-state index contributed by atoms with van der Waals surface area (Å²) in [6, 6.07) is 95.1. The van der Waals surface area contributed by atoms with E-state index in [0.717, 1.165) is 39.2 Å². The van der Waals surface area contributed by atoms with Gasteiger partial charge in [0.15, 0.2) is 0 Å². The summed E-state index contributed by atoms with van der Waals surface area (Å²) in [4.78, 5) is 2.48. The average Bonchev–Trinajstić information content (AvgIpc) is 4.06. The predicted octanol–water partition coefficient (Wildman–Crippen LogP) is 18.3. The van der Waals surface area contributed by atoms with Crippen molar-refractivity contribution in [2.75, 3.05) is 4.90 Å². The topological polar surface area (TPSA) is 8.17 Å². The molecule has 76 heavy (non-hydrogen) atoms. The van der Waals surface area contributed by atoms with Crippen molar-refractivity contribution in [1.82, 2.24) is 4.57 Å². The quantitative estimate of drug-likeness (QED) is 0.124. The molecule has 0 bridgehead atoms. The van der Waals surface area contributed by atoms with Crippen molar-refractivity contribution < 1.29 is 0 Å². The zero-order valence-electron chi connectivity index (χ0n) is 42.5. The Kier molecular flexibility index (Phi) is 10.9. The second-order valence-electron chi connectivity index (χ2n) is 20.7. The minimum atomic E-state index is -0.712. The largest absolute Gasteiger partial charge is 0.310 e. The third-order valence-corrected chi connectivity index (χ3v) is 17.7. The Morgan fingerprint density at radius 3 is 1.63 bits per heavy atom. The van der Waals surface area contributed by atoms with Crippen molar-refractivity contribution in [3.8, 4) is 50.2 Å². The van der Waals surface area contributed by atoms with E-state index in [1.54, 1.807) is 0 Å². The summed E-state index contributed by atoms with van der Waals surface area (Å²) in [5.41, 5.74) is 23.4. The number of nitrogens with zero attached hydrogens (tertiary/aromatic N) is 2. The van der Waals surface area contributed by atoms with Crippen LogP contribution in [0.1, 0.15) is 47.2 Å². The molecule has 12 aromatic rings. The number of hydrogen-bond acceptors (Lipinski definition) is 1. The number of anilines is 3. The van der Waals surface area contributed by atoms with Gasteiger partial charge in [0.1, 0.15) is 0 Å². The van der Waals surface area contributed by atoms with Gasteiger partial charge in [-0.2, -0.15) is 0 Å². The highest BCUT2D eigenvalue weighted by Crippen LogP contribution is 2.60. The molecule has 0 unspecified atom stereocenters. The summed E-state index contributed by atoms with van der Waals surface area (Å²) in [7, 11) is 1.94. The Morgan fingerprint density at radius 2 is 0.908 bits per heavy atom. The first-order chi connectivity index (χ1) is 37.3. The fourth-order valence-corrected chi connectivity index (χ4v) is 13.8. The van der Waals surface area contributed by atoms with Crippen LogP contribution in [0.25, 0.3) is 72.0 Å². The fraction of sp³-hybridized carbons (Fsp3) is 0.0556. The van der Waals surface area contributed by atoms with Crippen molar-refractivity contribution in [2.45, 2.75) is 24.7 Å². The molecule has 0 fully saturated rings. The Labute approximate surface area is 448 Å². The zero-order chi connectivity index (χ0) is 51.1. The molecule has 2 nitrogen and oxygen atoms in total. The molecule has 0 saturated heterocycles. The van der Waals surface area contributed by atoms with Gasteiger partial charge in [0.25, 0.3) is 0 Å². The van der Waals surface area contributed by atoms with Gasteiger partial charge in [-0.05, 0) is 157 Å². The standard InChI is InChI=1S/C72H52N2P2/c1-71(2)64-29-13-11-26-59(64)60-39-37-54(45-66(60)71)73(53-35-32-48(33-36-53)47-18-7-5-8-19-47)55-38-40-62-67(46-55)72(50-20-15-24-56(43-50)75-3,51-21-16-25-57(44-51)76-4)65-30-17-28-58(70(62)65)49-34-41-69-63(42-49)61-27-12-14-31-68(61)74(69)52-22-9-6-10-23-52/h5-46H,3-4H2,1-2H3. The smallest absolute Gasteiger partial charge is 0.0715 e. The molecular weight excluding hydrogens is 955 g/mol. The average molecular weight is 1010 g/mol. The van der Waals surface area contributed by atoms with Crippen LogP contribution < -0.4 is 15.5 Å². The van der Waals surface area contributed by atoms with Gasteiger partial charge in [-0.15, -0.1) is 0 Å². The van der Waals surface area contributed by atoms with Gasteiger partial charge in [-0.25, -0.2) is 0 Å². The maximum absolute atomic E-state index is 4.39. The molecular formula is C72H52N2P2. The number of benzene rings is 11. The second-order valence-corrected chi connectivity index (χ2v) is 22.4. The summed E-state index contributed by atoms with van der Waals surface area (Å²) in [6.45, 7) is 4.74. The van der Waals surface area contributed by atoms with Gasteiger partial charge in [0, 0.05) is 49.5 Å². The lowest BCUT2D eigenvalue weighted by Gasteiger charge is -2.35. The fourth-order valence-electron chi connectivity index (χ4n) is 12.9. The first kappa shape index (κ1) is 45.9. The van der Waals surface area contributed by atoms with E-state index in [1.165, 1.54) is 110 Å². The highest BCUT2D eigenvalue weighted by Gasteiger charge is 2.48. The minimum Gasteiger partial charge on any atom is -0.310 e. The van der Waals surface area contributed by atoms with Crippen LogP contribution in [-0.2, 0) is 10.8 Å². The minimum absolute atomic E-state index is 0.174. The van der Waals surface area contributed by atoms with Crippen LogP contribution in [0.3, 0.4) is 0 Å². The van der Waals surface area contributed by atoms with Crippen LogP contribution in [0.5, 0.6) is 0 Å². The van der Waals surface area contributed by atoms with Crippen molar-refractivity contribution >= 4 is 78.5 Å². The van der Waals surface area contributed by atoms with E-state index in [0.29, 0.717) is 0 Å². The van der Waals surface area contributed by atoms with Gasteiger partial charge in [-0.1, -0.05) is 219 Å². The maximum atomic E-state index is 4.39. The number of fused-ring (bicyclic) bond motifs is 9. The Hall–Kier alpha value is -8.64. The first-order valence-electron chi connectivity index (χ1n) is 26.1. The highest BCUT2D eigenvalue weighted by molar-refractivity contribution is 7.45. The van der Waals surface area contributed by atoms with E-state index < -0.39 is 5.41 Å². The van der Waals surface area contributed by atoms with E-state index in [2.05, 4.69) is 291 Å². The molecule has 1 heterocycles. The molecule has 11 aromatic carbocycles. The van der Waals surface area contributed by atoms with E-state index in [9.17, 15) is 0 Å². The number of aromatic nitrogens is 1. The van der Waals surface area contributed by atoms with Crippen molar-refractivity contribution in [2.24, 2.45) is 0 Å². The van der Waals surface area contributed by atoms with Gasteiger partial charge in [-0.3, -0.25) is 0 Å². The summed E-state index contributed by atoms with van der Waals surface area (Å²) in [6.07, 6.45) is 8.78. The van der Waals surface area contributed by atoms with Gasteiger partial charge in [0.2, 0.25) is 0 Å². The number of rotatable bonds is 10. The van der Waals surface area contributed by atoms with Gasteiger partial charge in [0.05, 0.1) is 16.4 Å². The van der Waals surface area contributed by atoms with E-state index in [-0.39, 0.29) is 5.41 Å². The molecule has 1 aromatic heterocycles. The molecule has 14 rings (SSSR count). The van der Waals surface area contributed by atoms with E-state index >= 15 is 0 Å². The molecule has 0 aliphatic heterocycles. The molecule has 0 atom stereocenters. The van der Waals surface area contributed by atoms with Crippen molar-refractivity contribution in [3.05, 3.63) is 288 Å². The molecule has 0 N–H and O–H groups in total. The normalized spacial score (nSPS) is 14.9. The van der Waals surface area contributed by atoms with Crippen LogP contribution >= 0.6 is 16.4 Å². The Balaban J connectivity index is 1.04. The molecule has 0 saturated carbocycles. The van der Waals surface area contributed by atoms with Crippen molar-refractivity contribution in [3.63, 3.8) is 0 Å². The third-order valence-electron chi connectivity index (χ3n) is 16.4. The third kappa shape index (κ3) is 7.02. The predicted molar refractivity (Wildman–Crippen MR) is 329 cm³/mol. The van der Waals surface area contributed by atoms with Crippen LogP contribution in [0.15, 0.2) is 255 Å². The molecule has 360 valence electrons. The Bertz CT molecular complexity index is 4250. The molecule has 2 aliphatic rings. The maximum Gasteiger partial charge on any atom is 0.0715 e. The molecule has 0 spiro atoms. The SMILES string of the molecule is C=Pc1cccc(C2(c3cccc(P=C)c3)c3cc(N(c4ccc(-c5ccccc5)cc4)c4ccc5c(c4)C(C)(C)c4ccccc4-5)ccc3-c3c(-c4ccc5c(c4)c4ccccc4n5-c4ccccc4)cccc32)c1. The van der Waals surface area contributed by atoms with Crippen LogP contribution in [0.2, 0.25) is 0 Å². The van der Waals surface area contributed by atoms with E-state index in [1.807, 2.05) is 0 Å². The lowest BCUT2D eigenvalue weighted by atomic mass is 9.67. The monoisotopic (exact) mass is 1010 g/mol. The van der Waals surface area contributed by atoms with Gasteiger partial charge < -0.3 is 9.47 Å². The lowest BCUT2D eigenvalue weighted by molar-refractivity contribution is 0.660. The van der Waals surface area contributed by atoms with Gasteiger partial charge >= 0.3 is 0 Å². The summed E-state index contributed by atoms with van der Waals surface area (Å²) in [5, 5.41) is 4.81. The number of para-hydroxylation sites is 2. The summed E-state index contributed by atoms with van der Waals surface area (Å²) >= 11 is 0. The van der Waals surface area contributed by atoms with Crippen LogP contribution in [-0.4, -0.2) is 17.2 Å². The lowest BCUT2D eigenvalue weighted by Crippen LogP contribution is -2.30. The van der Waals surface area contributed by atoms with E-state index in [4.69, 9.17) is 0 Å². The Morgan fingerprint density at radius 1 is 0.368 bits per heavy atom. The number of hydrogen-bond donors (Lipinski definition) is 0. The van der Waals surface area contributed by atoms with Crippen molar-refractivity contribution in [1.29, 1.82) is 0 Å². The molecule has 2 aliphatic carbocycles. The second kappa shape index (κ2) is 18.0. The zero-order valence-corrected chi connectivity index (χ0v) is 44.2. The first-order valence-corrected chi connectivity index (χ1v) is 28.2. The molecule has 0 amide bonds. The molecule has 4 heteroatoms. The summed E-state index contributed by atoms with van der Waals surface area (Å²) in [5.74, 6) is 0. The van der Waals surface area contributed by atoms with Crippen LogP contribution in [0, 0.1) is 0 Å².